The fourth-order valence-corrected chi connectivity index (χ4v) is 4.55. The van der Waals surface area contributed by atoms with Gasteiger partial charge in [0.25, 0.3) is 0 Å². The van der Waals surface area contributed by atoms with E-state index in [9.17, 15) is 4.55 Å². The lowest BCUT2D eigenvalue weighted by molar-refractivity contribution is -0.128. The summed E-state index contributed by atoms with van der Waals surface area (Å²) in [6, 6.07) is 0. The molecule has 0 radical (unpaired) electrons. The molecule has 4 heteroatoms. The molecule has 1 N–H and O–H groups in total. The minimum Gasteiger partial charge on any atom is -0.597 e. The van der Waals surface area contributed by atoms with Gasteiger partial charge in [-0.15, -0.1) is 4.31 Å². The molecule has 2 atom stereocenters. The SMILES string of the molecule is CC[C@@]1(C)N([S+]([O-])C(C)(C)C)CC12CNC2. The van der Waals surface area contributed by atoms with Crippen LogP contribution < -0.4 is 5.32 Å². The molecule has 16 heavy (non-hydrogen) atoms. The van der Waals surface area contributed by atoms with Crippen molar-refractivity contribution in [3.05, 3.63) is 0 Å². The molecule has 0 saturated carbocycles. The number of hydrogen-bond donors (Lipinski definition) is 1. The maximum absolute atomic E-state index is 12.5. The molecule has 0 aromatic heterocycles. The molecule has 94 valence electrons. The summed E-state index contributed by atoms with van der Waals surface area (Å²) < 4.78 is 14.5. The van der Waals surface area contributed by atoms with Crippen LogP contribution in [0.2, 0.25) is 0 Å². The summed E-state index contributed by atoms with van der Waals surface area (Å²) in [6.07, 6.45) is 1.08. The number of nitrogens with one attached hydrogen (secondary N) is 1. The second kappa shape index (κ2) is 3.61. The lowest BCUT2D eigenvalue weighted by Gasteiger charge is -2.67. The van der Waals surface area contributed by atoms with Crippen molar-refractivity contribution in [3.63, 3.8) is 0 Å². The standard InChI is InChI=1S/C12H24N2OS/c1-6-11(5)12(7-13-8-12)9-14(11)16(15)10(2,3)4/h13H,6-9H2,1-5H3/t11-,16?/m1/s1. The fraction of sp³-hybridized carbons (Fsp3) is 1.00. The van der Waals surface area contributed by atoms with E-state index in [0.29, 0.717) is 5.41 Å². The van der Waals surface area contributed by atoms with E-state index >= 15 is 0 Å². The minimum absolute atomic E-state index is 0.121. The molecule has 2 aliphatic rings. The van der Waals surface area contributed by atoms with Gasteiger partial charge in [-0.05, 0) is 34.1 Å². The molecule has 0 amide bonds. The maximum atomic E-state index is 12.5. The van der Waals surface area contributed by atoms with E-state index < -0.39 is 11.4 Å². The Hall–Kier alpha value is 0.230. The lowest BCUT2D eigenvalue weighted by atomic mass is 9.58. The van der Waals surface area contributed by atoms with Crippen LogP contribution in [0, 0.1) is 5.41 Å². The summed E-state index contributed by atoms with van der Waals surface area (Å²) >= 11 is -0.873. The summed E-state index contributed by atoms with van der Waals surface area (Å²) in [5.74, 6) is 0. The normalized spacial score (nSPS) is 35.6. The van der Waals surface area contributed by atoms with Crippen molar-refractivity contribution in [2.45, 2.75) is 51.3 Å². The number of hydrogen-bond acceptors (Lipinski definition) is 3. The van der Waals surface area contributed by atoms with Gasteiger partial charge in [-0.3, -0.25) is 0 Å². The van der Waals surface area contributed by atoms with Gasteiger partial charge in [0.1, 0.15) is 4.75 Å². The van der Waals surface area contributed by atoms with Crippen molar-refractivity contribution < 1.29 is 4.55 Å². The molecule has 1 spiro atoms. The van der Waals surface area contributed by atoms with E-state index in [1.807, 2.05) is 0 Å². The second-order valence-corrected chi connectivity index (χ2v) is 8.57. The summed E-state index contributed by atoms with van der Waals surface area (Å²) in [5.41, 5.74) is 0.513. The van der Waals surface area contributed by atoms with Crippen molar-refractivity contribution in [1.82, 2.24) is 9.62 Å². The van der Waals surface area contributed by atoms with Crippen LogP contribution in [0.15, 0.2) is 0 Å². The third kappa shape index (κ3) is 1.47. The van der Waals surface area contributed by atoms with Crippen molar-refractivity contribution >= 4 is 11.4 Å². The van der Waals surface area contributed by atoms with Crippen molar-refractivity contribution in [2.24, 2.45) is 5.41 Å². The first kappa shape index (κ1) is 12.7. The molecular formula is C12H24N2OS. The zero-order chi connectivity index (χ0) is 12.2. The summed E-state index contributed by atoms with van der Waals surface area (Å²) in [5, 5.41) is 3.37. The molecule has 3 nitrogen and oxygen atoms in total. The average molecular weight is 244 g/mol. The highest BCUT2D eigenvalue weighted by Crippen LogP contribution is 2.54. The van der Waals surface area contributed by atoms with Crippen LogP contribution in [0.25, 0.3) is 0 Å². The van der Waals surface area contributed by atoms with Crippen LogP contribution in [0.1, 0.15) is 41.0 Å². The van der Waals surface area contributed by atoms with E-state index in [2.05, 4.69) is 44.2 Å². The topological polar surface area (TPSA) is 38.3 Å². The van der Waals surface area contributed by atoms with Crippen LogP contribution in [0.5, 0.6) is 0 Å². The summed E-state index contributed by atoms with van der Waals surface area (Å²) in [4.78, 5) is 0. The van der Waals surface area contributed by atoms with Gasteiger partial charge in [0.15, 0.2) is 0 Å². The highest BCUT2D eigenvalue weighted by atomic mass is 32.2. The third-order valence-corrected chi connectivity index (χ3v) is 6.46. The second-order valence-electron chi connectivity index (χ2n) is 6.41. The van der Waals surface area contributed by atoms with E-state index in [1.165, 1.54) is 0 Å². The molecule has 0 aromatic rings. The molecule has 0 aromatic carbocycles. The van der Waals surface area contributed by atoms with E-state index in [4.69, 9.17) is 0 Å². The third-order valence-electron chi connectivity index (χ3n) is 4.48. The Morgan fingerprint density at radius 3 is 2.25 bits per heavy atom. The zero-order valence-corrected chi connectivity index (χ0v) is 11.9. The first-order valence-electron chi connectivity index (χ1n) is 6.17. The molecule has 2 fully saturated rings. The fourth-order valence-electron chi connectivity index (χ4n) is 2.84. The van der Waals surface area contributed by atoms with Gasteiger partial charge < -0.3 is 9.87 Å². The van der Waals surface area contributed by atoms with E-state index in [1.54, 1.807) is 0 Å². The monoisotopic (exact) mass is 244 g/mol. The number of rotatable bonds is 2. The highest BCUT2D eigenvalue weighted by molar-refractivity contribution is 7.90. The molecule has 0 aliphatic carbocycles. The van der Waals surface area contributed by atoms with Crippen LogP contribution in [0.3, 0.4) is 0 Å². The van der Waals surface area contributed by atoms with Crippen LogP contribution in [-0.2, 0) is 11.4 Å². The summed E-state index contributed by atoms with van der Waals surface area (Å²) in [6.45, 7) is 13.8. The molecule has 2 saturated heterocycles. The molecular weight excluding hydrogens is 220 g/mol. The molecule has 0 bridgehead atoms. The number of nitrogens with zero attached hydrogens (tertiary/aromatic N) is 1. The molecule has 2 rings (SSSR count). The van der Waals surface area contributed by atoms with Crippen molar-refractivity contribution in [1.29, 1.82) is 0 Å². The first-order valence-corrected chi connectivity index (χ1v) is 7.28. The quantitative estimate of drug-likeness (QED) is 0.749. The average Bonchev–Trinajstić information content (AvgIpc) is 2.10. The van der Waals surface area contributed by atoms with Crippen LogP contribution in [-0.4, -0.2) is 38.8 Å². The Morgan fingerprint density at radius 2 is 1.94 bits per heavy atom. The van der Waals surface area contributed by atoms with Gasteiger partial charge in [0.2, 0.25) is 0 Å². The Labute approximate surface area is 102 Å². The van der Waals surface area contributed by atoms with Crippen molar-refractivity contribution in [3.8, 4) is 0 Å². The van der Waals surface area contributed by atoms with E-state index in [-0.39, 0.29) is 10.3 Å². The minimum atomic E-state index is -0.873. The Kier molecular flexibility index (Phi) is 2.86. The first-order chi connectivity index (χ1) is 7.27. The summed E-state index contributed by atoms with van der Waals surface area (Å²) in [7, 11) is 0. The lowest BCUT2D eigenvalue weighted by Crippen LogP contribution is -2.84. The van der Waals surface area contributed by atoms with Crippen molar-refractivity contribution in [2.75, 3.05) is 19.6 Å². The van der Waals surface area contributed by atoms with Gasteiger partial charge in [-0.2, -0.15) is 0 Å². The molecule has 2 aliphatic heterocycles. The van der Waals surface area contributed by atoms with Gasteiger partial charge in [-0.1, -0.05) is 6.92 Å². The zero-order valence-electron chi connectivity index (χ0n) is 11.1. The maximum Gasteiger partial charge on any atom is 0.137 e. The van der Waals surface area contributed by atoms with Gasteiger partial charge >= 0.3 is 0 Å². The van der Waals surface area contributed by atoms with Gasteiger partial charge in [0, 0.05) is 29.9 Å². The Morgan fingerprint density at radius 1 is 1.38 bits per heavy atom. The smallest absolute Gasteiger partial charge is 0.137 e. The van der Waals surface area contributed by atoms with Crippen LogP contribution >= 0.6 is 0 Å². The Bertz CT molecular complexity index is 285. The van der Waals surface area contributed by atoms with Gasteiger partial charge in [-0.25, -0.2) is 0 Å². The largest absolute Gasteiger partial charge is 0.597 e. The van der Waals surface area contributed by atoms with Gasteiger partial charge in [0.05, 0.1) is 12.1 Å². The predicted octanol–water partition coefficient (Wildman–Crippen LogP) is 1.52. The predicted molar refractivity (Wildman–Crippen MR) is 68.6 cm³/mol. The molecule has 2 heterocycles. The molecule has 1 unspecified atom stereocenters. The highest BCUT2D eigenvalue weighted by Gasteiger charge is 2.68. The van der Waals surface area contributed by atoms with Crippen LogP contribution in [0.4, 0.5) is 0 Å². The Balaban J connectivity index is 2.15. The van der Waals surface area contributed by atoms with E-state index in [0.717, 1.165) is 26.1 Å².